The van der Waals surface area contributed by atoms with Crippen molar-refractivity contribution in [3.63, 3.8) is 0 Å². The molecule has 1 heteroatoms. The van der Waals surface area contributed by atoms with Crippen molar-refractivity contribution in [1.29, 1.82) is 0 Å². The molecule has 0 amide bonds. The summed E-state index contributed by atoms with van der Waals surface area (Å²) >= 11 is 0. The second-order valence-electron chi connectivity index (χ2n) is 9.50. The first-order chi connectivity index (χ1) is 22.7. The monoisotopic (exact) mass is 504 g/mol. The predicted octanol–water partition coefficient (Wildman–Crippen LogP) is 10.9. The molecule has 1 heterocycles. The van der Waals surface area contributed by atoms with Gasteiger partial charge in [-0.05, 0) is 73.1 Å². The Bertz CT molecular complexity index is 2510. The Morgan fingerprint density at radius 2 is 0.872 bits per heavy atom. The lowest BCUT2D eigenvalue weighted by Gasteiger charge is -2.18. The van der Waals surface area contributed by atoms with Crippen molar-refractivity contribution in [2.24, 2.45) is 0 Å². The van der Waals surface area contributed by atoms with Crippen LogP contribution in [0.5, 0.6) is 0 Å². The molecule has 0 unspecified atom stereocenters. The van der Waals surface area contributed by atoms with Crippen molar-refractivity contribution < 1.29 is 15.4 Å². The molecule has 8 aromatic rings. The van der Waals surface area contributed by atoms with Gasteiger partial charge in [-0.25, -0.2) is 0 Å². The quantitative estimate of drug-likeness (QED) is 0.218. The summed E-state index contributed by atoms with van der Waals surface area (Å²) in [5.41, 5.74) is 4.99. The Hall–Kier alpha value is -5.14. The molecule has 1 nitrogen and oxygen atoms in total. The van der Waals surface area contributed by atoms with Gasteiger partial charge in [-0.3, -0.25) is 0 Å². The maximum atomic E-state index is 9.18. The maximum absolute atomic E-state index is 9.18. The van der Waals surface area contributed by atoms with Crippen LogP contribution in [0, 0.1) is 0 Å². The molecule has 0 spiro atoms. The molecule has 8 rings (SSSR count). The summed E-state index contributed by atoms with van der Waals surface area (Å²) in [4.78, 5) is 0. The first-order valence-electron chi connectivity index (χ1n) is 16.7. The van der Waals surface area contributed by atoms with E-state index in [2.05, 4.69) is 0 Å². The Labute approximate surface area is 237 Å². The van der Waals surface area contributed by atoms with E-state index in [1.807, 2.05) is 84.9 Å². The summed E-state index contributed by atoms with van der Waals surface area (Å²) in [5.74, 6) is 0. The standard InChI is InChI=1S/C38H24O/c1-2-10-25(11-3-1)26-18-20-27(21-19-26)37-30-13-4-6-15-32(30)38(33-16-7-5-14-31(33)37)28-22-23-36-34(24-28)29-12-8-9-17-35(29)39-36/h1-24H/i4D,5D,6D,7D,13D,14D,15D,16D. The predicted molar refractivity (Wildman–Crippen MR) is 165 cm³/mol. The minimum absolute atomic E-state index is 0.183. The van der Waals surface area contributed by atoms with Crippen LogP contribution in [0.15, 0.2) is 150 Å². The average molecular weight is 505 g/mol. The molecule has 0 saturated heterocycles. The van der Waals surface area contributed by atoms with Gasteiger partial charge in [0.25, 0.3) is 0 Å². The van der Waals surface area contributed by atoms with Crippen LogP contribution in [-0.2, 0) is 0 Å². The van der Waals surface area contributed by atoms with Gasteiger partial charge in [0.05, 0.1) is 11.0 Å². The van der Waals surface area contributed by atoms with E-state index in [9.17, 15) is 2.74 Å². The number of para-hydroxylation sites is 1. The first-order valence-corrected chi connectivity index (χ1v) is 12.7. The van der Waals surface area contributed by atoms with Gasteiger partial charge in [0.2, 0.25) is 0 Å². The highest BCUT2D eigenvalue weighted by atomic mass is 16.3. The van der Waals surface area contributed by atoms with E-state index in [1.54, 1.807) is 12.1 Å². The van der Waals surface area contributed by atoms with Crippen LogP contribution >= 0.6 is 0 Å². The van der Waals surface area contributed by atoms with Crippen molar-refractivity contribution in [3.05, 3.63) is 145 Å². The van der Waals surface area contributed by atoms with Crippen molar-refractivity contribution in [3.8, 4) is 33.4 Å². The van der Waals surface area contributed by atoms with Crippen molar-refractivity contribution >= 4 is 43.5 Å². The number of fused-ring (bicyclic) bond motifs is 5. The lowest BCUT2D eigenvalue weighted by molar-refractivity contribution is 0.669. The molecule has 0 bridgehead atoms. The van der Waals surface area contributed by atoms with Gasteiger partial charge in [-0.2, -0.15) is 0 Å². The highest BCUT2D eigenvalue weighted by molar-refractivity contribution is 6.22. The smallest absolute Gasteiger partial charge is 0.135 e. The number of benzene rings is 7. The summed E-state index contributed by atoms with van der Waals surface area (Å²) in [6, 6.07) is 27.5. The summed E-state index contributed by atoms with van der Waals surface area (Å²) in [6.45, 7) is 0. The molecule has 0 atom stereocenters. The molecular weight excluding hydrogens is 472 g/mol. The fourth-order valence-electron chi connectivity index (χ4n) is 5.54. The van der Waals surface area contributed by atoms with Gasteiger partial charge < -0.3 is 4.42 Å². The van der Waals surface area contributed by atoms with Crippen molar-refractivity contribution in [2.45, 2.75) is 0 Å². The topological polar surface area (TPSA) is 13.1 Å². The van der Waals surface area contributed by atoms with Gasteiger partial charge in [0.15, 0.2) is 0 Å². The van der Waals surface area contributed by atoms with Gasteiger partial charge >= 0.3 is 0 Å². The Balaban J connectivity index is 1.58. The summed E-state index contributed by atoms with van der Waals surface area (Å²) < 4.78 is 77.3. The largest absolute Gasteiger partial charge is 0.456 e. The number of hydrogen-bond acceptors (Lipinski definition) is 1. The Kier molecular flexibility index (Phi) is 3.42. The molecule has 0 radical (unpaired) electrons. The summed E-state index contributed by atoms with van der Waals surface area (Å²) in [5, 5.41) is 2.38. The summed E-state index contributed by atoms with van der Waals surface area (Å²) in [7, 11) is 0. The van der Waals surface area contributed by atoms with Crippen molar-refractivity contribution in [2.75, 3.05) is 0 Å². The molecule has 182 valence electrons. The minimum Gasteiger partial charge on any atom is -0.456 e. The summed E-state index contributed by atoms with van der Waals surface area (Å²) in [6.07, 6.45) is 0. The lowest BCUT2D eigenvalue weighted by atomic mass is 9.85. The Morgan fingerprint density at radius 1 is 0.385 bits per heavy atom. The van der Waals surface area contributed by atoms with Gasteiger partial charge in [0, 0.05) is 10.8 Å². The number of hydrogen-bond donors (Lipinski definition) is 0. The molecule has 7 aromatic carbocycles. The molecule has 0 aliphatic rings. The van der Waals surface area contributed by atoms with E-state index in [-0.39, 0.29) is 45.7 Å². The van der Waals surface area contributed by atoms with E-state index >= 15 is 0 Å². The highest BCUT2D eigenvalue weighted by Crippen LogP contribution is 2.44. The van der Waals surface area contributed by atoms with Crippen molar-refractivity contribution in [1.82, 2.24) is 0 Å². The molecule has 0 fully saturated rings. The van der Waals surface area contributed by atoms with E-state index < -0.39 is 24.2 Å². The second kappa shape index (κ2) is 8.72. The zero-order chi connectivity index (χ0) is 32.7. The number of rotatable bonds is 3. The molecule has 0 aliphatic carbocycles. The molecule has 0 N–H and O–H groups in total. The molecule has 0 aliphatic heterocycles. The van der Waals surface area contributed by atoms with Gasteiger partial charge in [-0.1, -0.05) is 127 Å². The molecule has 0 saturated carbocycles. The van der Waals surface area contributed by atoms with Gasteiger partial charge in [-0.15, -0.1) is 0 Å². The third kappa shape index (κ3) is 3.48. The molecular formula is C38H24O. The third-order valence-corrected chi connectivity index (χ3v) is 7.32. The number of furan rings is 1. The van der Waals surface area contributed by atoms with Crippen LogP contribution in [0.3, 0.4) is 0 Å². The lowest BCUT2D eigenvalue weighted by Crippen LogP contribution is -1.91. The van der Waals surface area contributed by atoms with Crippen LogP contribution in [0.25, 0.3) is 76.9 Å². The minimum atomic E-state index is -0.427. The highest BCUT2D eigenvalue weighted by Gasteiger charge is 2.17. The average Bonchev–Trinajstić information content (AvgIpc) is 3.48. The van der Waals surface area contributed by atoms with E-state index in [0.29, 0.717) is 33.4 Å². The van der Waals surface area contributed by atoms with Crippen LogP contribution in [-0.4, -0.2) is 0 Å². The van der Waals surface area contributed by atoms with Crippen LogP contribution in [0.1, 0.15) is 11.0 Å². The zero-order valence-electron chi connectivity index (χ0n) is 28.6. The van der Waals surface area contributed by atoms with E-state index in [4.69, 9.17) is 12.6 Å². The maximum Gasteiger partial charge on any atom is 0.135 e. The van der Waals surface area contributed by atoms with Crippen LogP contribution in [0.4, 0.5) is 0 Å². The fraction of sp³-hybridized carbons (Fsp3) is 0. The van der Waals surface area contributed by atoms with Crippen LogP contribution < -0.4 is 0 Å². The second-order valence-corrected chi connectivity index (χ2v) is 9.50. The third-order valence-electron chi connectivity index (χ3n) is 7.32. The molecule has 39 heavy (non-hydrogen) atoms. The first kappa shape index (κ1) is 15.3. The van der Waals surface area contributed by atoms with Gasteiger partial charge in [0.1, 0.15) is 11.2 Å². The normalized spacial score (nSPS) is 14.5. The molecule has 1 aromatic heterocycles. The van der Waals surface area contributed by atoms with Crippen LogP contribution in [0.2, 0.25) is 0 Å². The Morgan fingerprint density at radius 3 is 1.54 bits per heavy atom. The van der Waals surface area contributed by atoms with E-state index in [0.717, 1.165) is 21.9 Å². The zero-order valence-corrected chi connectivity index (χ0v) is 20.6. The van der Waals surface area contributed by atoms with E-state index in [1.165, 1.54) is 0 Å². The fourth-order valence-corrected chi connectivity index (χ4v) is 5.54. The SMILES string of the molecule is [2H]c1c([2H])c([2H])c2c(-c3ccc4oc5ccccc5c4c3)c3c([2H])c([2H])c([2H])c([2H])c3c(-c3ccc(-c4ccccc4)cc3)c2c1[2H].